The highest BCUT2D eigenvalue weighted by molar-refractivity contribution is 7.89. The normalized spacial score (nSPS) is 11.8. The van der Waals surface area contributed by atoms with Crippen LogP contribution in [0.4, 0.5) is 0 Å². The van der Waals surface area contributed by atoms with Gasteiger partial charge in [0.05, 0.1) is 22.7 Å². The summed E-state index contributed by atoms with van der Waals surface area (Å²) < 4.78 is 27.6. The summed E-state index contributed by atoms with van der Waals surface area (Å²) in [7, 11) is -3.97. The van der Waals surface area contributed by atoms with Crippen molar-refractivity contribution in [3.63, 3.8) is 0 Å². The number of halogens is 3. The van der Waals surface area contributed by atoms with E-state index in [4.69, 9.17) is 34.8 Å². The van der Waals surface area contributed by atoms with Crippen LogP contribution in [0, 0.1) is 6.92 Å². The molecule has 0 aromatic heterocycles. The molecular weight excluding hydrogens is 505 g/mol. The SMILES string of the molecule is Cc1ccc(S(=O)(=O)N(CC(=O)N/N=C\c2ccc(Cl)cc2Cl)Cc2cccc(Cl)c2)cc1. The number of hydrogen-bond acceptors (Lipinski definition) is 4. The summed E-state index contributed by atoms with van der Waals surface area (Å²) in [6.45, 7) is 1.36. The van der Waals surface area contributed by atoms with E-state index in [0.29, 0.717) is 26.2 Å². The van der Waals surface area contributed by atoms with Crippen LogP contribution in [0.15, 0.2) is 76.7 Å². The molecule has 0 aliphatic carbocycles. The van der Waals surface area contributed by atoms with Crippen LogP contribution in [-0.4, -0.2) is 31.4 Å². The highest BCUT2D eigenvalue weighted by Crippen LogP contribution is 2.21. The molecule has 0 heterocycles. The summed E-state index contributed by atoms with van der Waals surface area (Å²) in [5.41, 5.74) is 4.45. The summed E-state index contributed by atoms with van der Waals surface area (Å²) in [6, 6.07) is 18.0. The molecule has 0 unspecified atom stereocenters. The fourth-order valence-corrected chi connectivity index (χ4v) is 4.95. The number of carbonyl (C=O) groups excluding carboxylic acids is 1. The van der Waals surface area contributed by atoms with Crippen LogP contribution in [0.1, 0.15) is 16.7 Å². The Morgan fingerprint density at radius 1 is 1.00 bits per heavy atom. The van der Waals surface area contributed by atoms with Crippen LogP contribution in [0.5, 0.6) is 0 Å². The van der Waals surface area contributed by atoms with Crippen molar-refractivity contribution in [3.8, 4) is 0 Å². The first-order chi connectivity index (χ1) is 15.6. The van der Waals surface area contributed by atoms with E-state index in [1.54, 1.807) is 54.6 Å². The maximum atomic E-state index is 13.3. The number of rotatable bonds is 8. The van der Waals surface area contributed by atoms with E-state index in [0.717, 1.165) is 9.87 Å². The molecule has 0 aliphatic rings. The van der Waals surface area contributed by atoms with Crippen LogP contribution in [0.25, 0.3) is 0 Å². The van der Waals surface area contributed by atoms with Crippen molar-refractivity contribution in [2.45, 2.75) is 18.4 Å². The van der Waals surface area contributed by atoms with Crippen LogP contribution >= 0.6 is 34.8 Å². The number of benzene rings is 3. The quantitative estimate of drug-likeness (QED) is 0.321. The number of nitrogens with zero attached hydrogens (tertiary/aromatic N) is 2. The molecule has 3 aromatic rings. The molecule has 3 aromatic carbocycles. The smallest absolute Gasteiger partial charge is 0.255 e. The standard InChI is InChI=1S/C23H20Cl3N3O3S/c1-16-5-9-21(10-6-16)33(31,32)29(14-17-3-2-4-19(24)11-17)15-23(30)28-27-13-18-7-8-20(25)12-22(18)26/h2-13H,14-15H2,1H3,(H,28,30)/b27-13-. The van der Waals surface area contributed by atoms with Gasteiger partial charge in [-0.3, -0.25) is 4.79 Å². The predicted molar refractivity (Wildman–Crippen MR) is 132 cm³/mol. The lowest BCUT2D eigenvalue weighted by Crippen LogP contribution is -2.39. The van der Waals surface area contributed by atoms with Crippen molar-refractivity contribution in [1.29, 1.82) is 0 Å². The lowest BCUT2D eigenvalue weighted by atomic mass is 10.2. The largest absolute Gasteiger partial charge is 0.272 e. The second-order valence-electron chi connectivity index (χ2n) is 7.18. The molecule has 172 valence electrons. The zero-order valence-corrected chi connectivity index (χ0v) is 20.6. The monoisotopic (exact) mass is 523 g/mol. The molecule has 0 aliphatic heterocycles. The van der Waals surface area contributed by atoms with Crippen molar-refractivity contribution in [2.75, 3.05) is 6.54 Å². The molecular formula is C23H20Cl3N3O3S. The second-order valence-corrected chi connectivity index (χ2v) is 10.4. The minimum absolute atomic E-state index is 0.0447. The Kier molecular flexibility index (Phi) is 8.51. The molecule has 1 amide bonds. The maximum Gasteiger partial charge on any atom is 0.255 e. The minimum atomic E-state index is -3.97. The van der Waals surface area contributed by atoms with E-state index >= 15 is 0 Å². The number of amides is 1. The van der Waals surface area contributed by atoms with E-state index in [1.807, 2.05) is 6.92 Å². The zero-order chi connectivity index (χ0) is 24.0. The molecule has 10 heteroatoms. The van der Waals surface area contributed by atoms with Crippen LogP contribution < -0.4 is 5.43 Å². The molecule has 0 bridgehead atoms. The van der Waals surface area contributed by atoms with Gasteiger partial charge in [-0.2, -0.15) is 9.41 Å². The highest BCUT2D eigenvalue weighted by Gasteiger charge is 2.27. The summed E-state index contributed by atoms with van der Waals surface area (Å²) in [4.78, 5) is 12.6. The first-order valence-electron chi connectivity index (χ1n) is 9.73. The summed E-state index contributed by atoms with van der Waals surface area (Å²) in [6.07, 6.45) is 1.35. The van der Waals surface area contributed by atoms with Gasteiger partial charge in [0.1, 0.15) is 0 Å². The number of carbonyl (C=O) groups is 1. The van der Waals surface area contributed by atoms with Crippen molar-refractivity contribution < 1.29 is 13.2 Å². The van der Waals surface area contributed by atoms with Crippen molar-refractivity contribution in [2.24, 2.45) is 5.10 Å². The Bertz CT molecular complexity index is 1280. The minimum Gasteiger partial charge on any atom is -0.272 e. The molecule has 6 nitrogen and oxygen atoms in total. The molecule has 0 spiro atoms. The van der Waals surface area contributed by atoms with Crippen LogP contribution in [0.3, 0.4) is 0 Å². The van der Waals surface area contributed by atoms with E-state index < -0.39 is 22.5 Å². The van der Waals surface area contributed by atoms with Gasteiger partial charge in [0.25, 0.3) is 5.91 Å². The van der Waals surface area contributed by atoms with Crippen molar-refractivity contribution in [1.82, 2.24) is 9.73 Å². The van der Waals surface area contributed by atoms with Gasteiger partial charge < -0.3 is 0 Å². The lowest BCUT2D eigenvalue weighted by molar-refractivity contribution is -0.121. The van der Waals surface area contributed by atoms with Gasteiger partial charge in [0.15, 0.2) is 0 Å². The second kappa shape index (κ2) is 11.1. The van der Waals surface area contributed by atoms with Gasteiger partial charge in [-0.1, -0.05) is 70.7 Å². The third kappa shape index (κ3) is 7.03. The number of aryl methyl sites for hydroxylation is 1. The average molecular weight is 525 g/mol. The lowest BCUT2D eigenvalue weighted by Gasteiger charge is -2.21. The number of sulfonamides is 1. The van der Waals surface area contributed by atoms with Crippen LogP contribution in [-0.2, 0) is 21.4 Å². The summed E-state index contributed by atoms with van der Waals surface area (Å²) >= 11 is 18.0. The zero-order valence-electron chi connectivity index (χ0n) is 17.5. The molecule has 33 heavy (non-hydrogen) atoms. The fourth-order valence-electron chi connectivity index (χ4n) is 2.90. The topological polar surface area (TPSA) is 78.8 Å². The molecule has 3 rings (SSSR count). The Labute approximate surface area is 207 Å². The molecule has 0 atom stereocenters. The highest BCUT2D eigenvalue weighted by atomic mass is 35.5. The van der Waals surface area contributed by atoms with Gasteiger partial charge in [0.2, 0.25) is 10.0 Å². The summed E-state index contributed by atoms with van der Waals surface area (Å²) in [5.74, 6) is -0.617. The van der Waals surface area contributed by atoms with Gasteiger partial charge in [-0.15, -0.1) is 0 Å². The van der Waals surface area contributed by atoms with E-state index in [2.05, 4.69) is 10.5 Å². The van der Waals surface area contributed by atoms with E-state index in [-0.39, 0.29) is 11.4 Å². The number of hydrogen-bond donors (Lipinski definition) is 1. The first kappa shape index (κ1) is 25.2. The van der Waals surface area contributed by atoms with Gasteiger partial charge in [-0.25, -0.2) is 13.8 Å². The maximum absolute atomic E-state index is 13.3. The average Bonchev–Trinajstić information content (AvgIpc) is 2.75. The van der Waals surface area contributed by atoms with Gasteiger partial charge in [0, 0.05) is 22.2 Å². The molecule has 0 saturated heterocycles. The summed E-state index contributed by atoms with van der Waals surface area (Å²) in [5, 5.41) is 5.18. The van der Waals surface area contributed by atoms with Crippen molar-refractivity contribution >= 4 is 56.9 Å². The molecule has 0 radical (unpaired) electrons. The Morgan fingerprint density at radius 3 is 2.36 bits per heavy atom. The Morgan fingerprint density at radius 2 is 1.70 bits per heavy atom. The van der Waals surface area contributed by atoms with Crippen molar-refractivity contribution in [3.05, 3.63) is 98.5 Å². The first-order valence-corrected chi connectivity index (χ1v) is 12.3. The molecule has 0 fully saturated rings. The van der Waals surface area contributed by atoms with Gasteiger partial charge in [-0.05, 0) is 48.9 Å². The molecule has 1 N–H and O–H groups in total. The Balaban J connectivity index is 1.80. The predicted octanol–water partition coefficient (Wildman–Crippen LogP) is 5.30. The number of hydrazone groups is 1. The number of nitrogens with one attached hydrogen (secondary N) is 1. The Hall–Kier alpha value is -2.42. The fraction of sp³-hybridized carbons (Fsp3) is 0.130. The van der Waals surface area contributed by atoms with Gasteiger partial charge >= 0.3 is 0 Å². The molecule has 0 saturated carbocycles. The van der Waals surface area contributed by atoms with E-state index in [9.17, 15) is 13.2 Å². The van der Waals surface area contributed by atoms with Crippen LogP contribution in [0.2, 0.25) is 15.1 Å². The van der Waals surface area contributed by atoms with E-state index in [1.165, 1.54) is 18.3 Å². The third-order valence-corrected chi connectivity index (χ3v) is 7.19. The third-order valence-electron chi connectivity index (χ3n) is 4.58.